The molecule has 2 unspecified atom stereocenters. The van der Waals surface area contributed by atoms with Crippen molar-refractivity contribution in [3.63, 3.8) is 0 Å². The van der Waals surface area contributed by atoms with Crippen LogP contribution in [0.1, 0.15) is 6.92 Å². The van der Waals surface area contributed by atoms with Gasteiger partial charge in [-0.05, 0) is 32.2 Å². The fourth-order valence-corrected chi connectivity index (χ4v) is 2.50. The molecule has 0 spiro atoms. The number of hydrogen-bond donors (Lipinski definition) is 3. The Morgan fingerprint density at radius 2 is 1.85 bits per heavy atom. The summed E-state index contributed by atoms with van der Waals surface area (Å²) >= 11 is 0. The summed E-state index contributed by atoms with van der Waals surface area (Å²) in [7, 11) is 1.77. The van der Waals surface area contributed by atoms with Gasteiger partial charge in [0.1, 0.15) is 11.9 Å². The van der Waals surface area contributed by atoms with Gasteiger partial charge in [0.05, 0.1) is 5.52 Å². The van der Waals surface area contributed by atoms with Crippen LogP contribution < -0.4 is 10.1 Å². The molecule has 3 rings (SSSR count). The number of ether oxygens (including phenoxy) is 1. The minimum atomic E-state index is -0.597. The first-order chi connectivity index (χ1) is 9.70. The zero-order chi connectivity index (χ0) is 14.1. The van der Waals surface area contributed by atoms with Gasteiger partial charge < -0.3 is 14.8 Å². The van der Waals surface area contributed by atoms with Gasteiger partial charge in [0.15, 0.2) is 6.23 Å². The van der Waals surface area contributed by atoms with Gasteiger partial charge in [-0.2, -0.15) is 0 Å². The van der Waals surface area contributed by atoms with Gasteiger partial charge in [-0.1, -0.05) is 24.3 Å². The van der Waals surface area contributed by atoms with Crippen molar-refractivity contribution in [3.8, 4) is 5.75 Å². The lowest BCUT2D eigenvalue weighted by Gasteiger charge is -2.21. The van der Waals surface area contributed by atoms with Crippen LogP contribution in [-0.4, -0.2) is 29.5 Å². The summed E-state index contributed by atoms with van der Waals surface area (Å²) in [5.74, 6) is 0.764. The number of aromatic nitrogens is 1. The fraction of sp³-hybridized carbons (Fsp3) is 0.250. The average molecular weight is 270 g/mol. The van der Waals surface area contributed by atoms with Crippen molar-refractivity contribution in [3.05, 3.63) is 42.5 Å². The summed E-state index contributed by atoms with van der Waals surface area (Å²) in [6, 6.07) is 14.0. The molecule has 20 heavy (non-hydrogen) atoms. The first-order valence-corrected chi connectivity index (χ1v) is 6.72. The number of fused-ring (bicyclic) bond motifs is 3. The third-order valence-corrected chi connectivity index (χ3v) is 3.47. The van der Waals surface area contributed by atoms with Crippen LogP contribution in [0.25, 0.3) is 21.8 Å². The van der Waals surface area contributed by atoms with Gasteiger partial charge in [-0.15, -0.1) is 0 Å². The van der Waals surface area contributed by atoms with E-state index in [-0.39, 0.29) is 0 Å². The van der Waals surface area contributed by atoms with Gasteiger partial charge in [-0.25, -0.2) is 0 Å². The third-order valence-electron chi connectivity index (χ3n) is 3.47. The van der Waals surface area contributed by atoms with E-state index in [1.807, 2.05) is 36.4 Å². The molecule has 0 radical (unpaired) electrons. The molecule has 0 amide bonds. The first-order valence-electron chi connectivity index (χ1n) is 6.72. The SMILES string of the molecule is CNC(Oc1cccc2[nH]c3ccccc3c12)C(C)O. The Morgan fingerprint density at radius 3 is 2.60 bits per heavy atom. The van der Waals surface area contributed by atoms with Crippen LogP contribution in [0.15, 0.2) is 42.5 Å². The summed E-state index contributed by atoms with van der Waals surface area (Å²) in [6.07, 6.45) is -1.03. The second-order valence-electron chi connectivity index (χ2n) is 4.92. The normalized spacial score (nSPS) is 14.6. The van der Waals surface area contributed by atoms with E-state index in [1.54, 1.807) is 14.0 Å². The highest BCUT2D eigenvalue weighted by molar-refractivity contribution is 6.10. The Kier molecular flexibility index (Phi) is 3.34. The Balaban J connectivity index is 2.15. The van der Waals surface area contributed by atoms with E-state index in [1.165, 1.54) is 0 Å². The van der Waals surface area contributed by atoms with E-state index >= 15 is 0 Å². The number of nitrogens with one attached hydrogen (secondary N) is 2. The maximum absolute atomic E-state index is 9.71. The van der Waals surface area contributed by atoms with Gasteiger partial charge >= 0.3 is 0 Å². The lowest BCUT2D eigenvalue weighted by molar-refractivity contribution is 0.0331. The van der Waals surface area contributed by atoms with Crippen LogP contribution in [0, 0.1) is 0 Å². The molecule has 0 aliphatic heterocycles. The Labute approximate surface area is 117 Å². The van der Waals surface area contributed by atoms with Gasteiger partial charge in [0.25, 0.3) is 0 Å². The van der Waals surface area contributed by atoms with Gasteiger partial charge in [0.2, 0.25) is 0 Å². The molecular weight excluding hydrogens is 252 g/mol. The summed E-state index contributed by atoms with van der Waals surface area (Å²) in [5, 5.41) is 14.9. The molecule has 2 atom stereocenters. The predicted molar refractivity (Wildman–Crippen MR) is 81.0 cm³/mol. The minimum Gasteiger partial charge on any atom is -0.472 e. The zero-order valence-corrected chi connectivity index (χ0v) is 11.6. The summed E-state index contributed by atoms with van der Waals surface area (Å²) in [4.78, 5) is 3.38. The number of para-hydroxylation sites is 1. The number of H-pyrrole nitrogens is 1. The number of aromatic amines is 1. The standard InChI is InChI=1S/C16H18N2O2/c1-10(19)16(17-2)20-14-9-5-8-13-15(14)11-6-3-4-7-12(11)18-13/h3-10,16-19H,1-2H3. The van der Waals surface area contributed by atoms with Gasteiger partial charge in [-0.3, -0.25) is 5.32 Å². The van der Waals surface area contributed by atoms with E-state index < -0.39 is 12.3 Å². The molecule has 4 nitrogen and oxygen atoms in total. The third kappa shape index (κ3) is 2.13. The Morgan fingerprint density at radius 1 is 1.10 bits per heavy atom. The second-order valence-corrected chi connectivity index (χ2v) is 4.92. The second kappa shape index (κ2) is 5.15. The fourth-order valence-electron chi connectivity index (χ4n) is 2.50. The van der Waals surface area contributed by atoms with Crippen molar-refractivity contribution in [2.24, 2.45) is 0 Å². The summed E-state index contributed by atoms with van der Waals surface area (Å²) in [5.41, 5.74) is 2.11. The number of rotatable bonds is 4. The average Bonchev–Trinajstić information content (AvgIpc) is 2.83. The molecule has 0 saturated heterocycles. The molecule has 1 heterocycles. The summed E-state index contributed by atoms with van der Waals surface area (Å²) in [6.45, 7) is 1.70. The maximum Gasteiger partial charge on any atom is 0.175 e. The molecule has 1 aromatic heterocycles. The molecule has 0 bridgehead atoms. The molecule has 0 aliphatic rings. The van der Waals surface area contributed by atoms with Crippen LogP contribution in [-0.2, 0) is 0 Å². The highest BCUT2D eigenvalue weighted by Crippen LogP contribution is 2.33. The quantitative estimate of drug-likeness (QED) is 0.639. The maximum atomic E-state index is 9.71. The van der Waals surface area contributed by atoms with Crippen LogP contribution in [0.5, 0.6) is 5.75 Å². The largest absolute Gasteiger partial charge is 0.472 e. The van der Waals surface area contributed by atoms with E-state index in [0.29, 0.717) is 0 Å². The van der Waals surface area contributed by atoms with Crippen molar-refractivity contribution in [1.29, 1.82) is 0 Å². The van der Waals surface area contributed by atoms with E-state index in [2.05, 4.69) is 16.4 Å². The number of aliphatic hydroxyl groups excluding tert-OH is 1. The predicted octanol–water partition coefficient (Wildman–Crippen LogP) is 2.63. The lowest BCUT2D eigenvalue weighted by atomic mass is 10.1. The van der Waals surface area contributed by atoms with Crippen LogP contribution in [0.3, 0.4) is 0 Å². The highest BCUT2D eigenvalue weighted by Gasteiger charge is 2.17. The molecule has 0 aliphatic carbocycles. The number of hydrogen-bond acceptors (Lipinski definition) is 3. The highest BCUT2D eigenvalue weighted by atomic mass is 16.5. The van der Waals surface area contributed by atoms with Crippen LogP contribution in [0.2, 0.25) is 0 Å². The molecule has 104 valence electrons. The molecule has 3 N–H and O–H groups in total. The molecule has 0 saturated carbocycles. The monoisotopic (exact) mass is 270 g/mol. The Hall–Kier alpha value is -2.04. The van der Waals surface area contributed by atoms with Crippen molar-refractivity contribution in [1.82, 2.24) is 10.3 Å². The zero-order valence-electron chi connectivity index (χ0n) is 11.6. The molecule has 2 aromatic carbocycles. The lowest BCUT2D eigenvalue weighted by Crippen LogP contribution is -2.40. The van der Waals surface area contributed by atoms with E-state index in [4.69, 9.17) is 4.74 Å². The van der Waals surface area contributed by atoms with Crippen molar-refractivity contribution in [2.75, 3.05) is 7.05 Å². The topological polar surface area (TPSA) is 57.3 Å². The van der Waals surface area contributed by atoms with E-state index in [9.17, 15) is 5.11 Å². The van der Waals surface area contributed by atoms with Crippen LogP contribution >= 0.6 is 0 Å². The molecular formula is C16H18N2O2. The molecule has 4 heteroatoms. The summed E-state index contributed by atoms with van der Waals surface area (Å²) < 4.78 is 5.92. The number of aliphatic hydroxyl groups is 1. The Bertz CT molecular complexity index is 734. The van der Waals surface area contributed by atoms with Gasteiger partial charge in [0, 0.05) is 16.3 Å². The number of likely N-dealkylation sites (N-methyl/N-ethyl adjacent to an activating group) is 1. The minimum absolute atomic E-state index is 0.436. The van der Waals surface area contributed by atoms with Crippen molar-refractivity contribution < 1.29 is 9.84 Å². The van der Waals surface area contributed by atoms with Crippen molar-refractivity contribution in [2.45, 2.75) is 19.3 Å². The van der Waals surface area contributed by atoms with Crippen molar-refractivity contribution >= 4 is 21.8 Å². The first kappa shape index (κ1) is 13.0. The smallest absolute Gasteiger partial charge is 0.175 e. The molecule has 0 fully saturated rings. The van der Waals surface area contributed by atoms with E-state index in [0.717, 1.165) is 27.6 Å². The molecule has 3 aromatic rings. The number of benzene rings is 2. The van der Waals surface area contributed by atoms with Crippen LogP contribution in [0.4, 0.5) is 0 Å².